The standard InChI is InChI=1S/C6H8BrN3O2S/c1-10(13(2,11)12)6-8-3-5(7)4-9-6/h3-4H,1-2H3. The van der Waals surface area contributed by atoms with Crippen LogP contribution >= 0.6 is 15.9 Å². The van der Waals surface area contributed by atoms with Crippen LogP contribution < -0.4 is 4.31 Å². The van der Waals surface area contributed by atoms with E-state index in [1.165, 1.54) is 19.4 Å². The van der Waals surface area contributed by atoms with Gasteiger partial charge in [-0.05, 0) is 15.9 Å². The average molecular weight is 266 g/mol. The molecule has 0 fully saturated rings. The van der Waals surface area contributed by atoms with Gasteiger partial charge in [-0.25, -0.2) is 22.7 Å². The number of halogens is 1. The van der Waals surface area contributed by atoms with Crippen molar-refractivity contribution in [1.82, 2.24) is 9.97 Å². The van der Waals surface area contributed by atoms with Crippen LogP contribution in [0.5, 0.6) is 0 Å². The Morgan fingerprint density at radius 3 is 2.23 bits per heavy atom. The predicted molar refractivity (Wildman–Crippen MR) is 53.0 cm³/mol. The first-order chi connectivity index (χ1) is 5.91. The predicted octanol–water partition coefficient (Wildman–Crippen LogP) is 0.635. The lowest BCUT2D eigenvalue weighted by Crippen LogP contribution is -2.26. The van der Waals surface area contributed by atoms with E-state index in [4.69, 9.17) is 0 Å². The third-order valence-electron chi connectivity index (χ3n) is 1.39. The summed E-state index contributed by atoms with van der Waals surface area (Å²) in [7, 11) is -1.87. The number of hydrogen-bond donors (Lipinski definition) is 0. The van der Waals surface area contributed by atoms with Crippen molar-refractivity contribution in [1.29, 1.82) is 0 Å². The minimum atomic E-state index is -3.28. The van der Waals surface area contributed by atoms with E-state index in [1.807, 2.05) is 0 Å². The molecule has 1 aromatic rings. The van der Waals surface area contributed by atoms with Gasteiger partial charge in [-0.2, -0.15) is 0 Å². The minimum absolute atomic E-state index is 0.158. The van der Waals surface area contributed by atoms with Crippen LogP contribution in [0.15, 0.2) is 16.9 Å². The molecular weight excluding hydrogens is 258 g/mol. The summed E-state index contributed by atoms with van der Waals surface area (Å²) in [6.45, 7) is 0. The molecular formula is C6H8BrN3O2S. The fourth-order valence-corrected chi connectivity index (χ4v) is 1.21. The second kappa shape index (κ2) is 3.59. The van der Waals surface area contributed by atoms with Crippen molar-refractivity contribution >= 4 is 31.9 Å². The van der Waals surface area contributed by atoms with Gasteiger partial charge >= 0.3 is 0 Å². The third kappa shape index (κ3) is 2.63. The second-order valence-electron chi connectivity index (χ2n) is 2.43. The molecule has 0 aromatic carbocycles. The Balaban J connectivity index is 3.04. The highest BCUT2D eigenvalue weighted by Crippen LogP contribution is 2.11. The Morgan fingerprint density at radius 1 is 1.38 bits per heavy atom. The Morgan fingerprint density at radius 2 is 1.85 bits per heavy atom. The second-order valence-corrected chi connectivity index (χ2v) is 5.36. The maximum atomic E-state index is 11.1. The quantitative estimate of drug-likeness (QED) is 0.787. The zero-order valence-electron chi connectivity index (χ0n) is 7.10. The molecule has 13 heavy (non-hydrogen) atoms. The van der Waals surface area contributed by atoms with Crippen LogP contribution in [-0.4, -0.2) is 31.7 Å². The topological polar surface area (TPSA) is 63.2 Å². The lowest BCUT2D eigenvalue weighted by molar-refractivity contribution is 0.599. The van der Waals surface area contributed by atoms with E-state index in [9.17, 15) is 8.42 Å². The molecule has 5 nitrogen and oxygen atoms in total. The van der Waals surface area contributed by atoms with Gasteiger partial charge in [0.2, 0.25) is 16.0 Å². The Labute approximate surface area is 85.0 Å². The maximum absolute atomic E-state index is 11.1. The number of sulfonamides is 1. The van der Waals surface area contributed by atoms with Crippen LogP contribution in [0, 0.1) is 0 Å². The van der Waals surface area contributed by atoms with Crippen LogP contribution in [0.3, 0.4) is 0 Å². The van der Waals surface area contributed by atoms with Gasteiger partial charge in [0.15, 0.2) is 0 Å². The summed E-state index contributed by atoms with van der Waals surface area (Å²) < 4.78 is 23.8. The lowest BCUT2D eigenvalue weighted by Gasteiger charge is -2.13. The molecule has 7 heteroatoms. The first-order valence-electron chi connectivity index (χ1n) is 3.32. The molecule has 0 saturated heterocycles. The molecule has 1 rings (SSSR count). The van der Waals surface area contributed by atoms with Crippen LogP contribution in [-0.2, 0) is 10.0 Å². The highest BCUT2D eigenvalue weighted by atomic mass is 79.9. The summed E-state index contributed by atoms with van der Waals surface area (Å²) in [6, 6.07) is 0. The van der Waals surface area contributed by atoms with Crippen LogP contribution in [0.25, 0.3) is 0 Å². The van der Waals surface area contributed by atoms with Gasteiger partial charge in [-0.15, -0.1) is 0 Å². The molecule has 0 bridgehead atoms. The highest BCUT2D eigenvalue weighted by molar-refractivity contribution is 9.10. The fraction of sp³-hybridized carbons (Fsp3) is 0.333. The largest absolute Gasteiger partial charge is 0.241 e. The summed E-state index contributed by atoms with van der Waals surface area (Å²) in [4.78, 5) is 7.67. The number of rotatable bonds is 2. The zero-order chi connectivity index (χ0) is 10.1. The SMILES string of the molecule is CN(c1ncc(Br)cn1)S(C)(=O)=O. The minimum Gasteiger partial charge on any atom is -0.241 e. The van der Waals surface area contributed by atoms with E-state index in [-0.39, 0.29) is 5.95 Å². The van der Waals surface area contributed by atoms with Gasteiger partial charge in [-0.3, -0.25) is 0 Å². The number of aromatic nitrogens is 2. The summed E-state index contributed by atoms with van der Waals surface area (Å²) in [5.74, 6) is 0.158. The van der Waals surface area contributed by atoms with Crippen LogP contribution in [0.4, 0.5) is 5.95 Å². The van der Waals surface area contributed by atoms with Crippen molar-refractivity contribution in [3.05, 3.63) is 16.9 Å². The maximum Gasteiger partial charge on any atom is 0.238 e. The van der Waals surface area contributed by atoms with E-state index in [0.29, 0.717) is 4.47 Å². The molecule has 0 atom stereocenters. The molecule has 1 aromatic heterocycles. The molecule has 0 aliphatic carbocycles. The summed E-state index contributed by atoms with van der Waals surface area (Å²) in [5, 5.41) is 0. The third-order valence-corrected chi connectivity index (χ3v) is 2.95. The van der Waals surface area contributed by atoms with Gasteiger partial charge in [0, 0.05) is 19.4 Å². The van der Waals surface area contributed by atoms with Gasteiger partial charge in [0.1, 0.15) is 0 Å². The van der Waals surface area contributed by atoms with Crippen molar-refractivity contribution in [3.63, 3.8) is 0 Å². The molecule has 72 valence electrons. The molecule has 0 N–H and O–H groups in total. The lowest BCUT2D eigenvalue weighted by atomic mass is 10.7. The molecule has 1 heterocycles. The first-order valence-corrected chi connectivity index (χ1v) is 5.97. The summed E-state index contributed by atoms with van der Waals surface area (Å²) in [5.41, 5.74) is 0. The van der Waals surface area contributed by atoms with Crippen LogP contribution in [0.2, 0.25) is 0 Å². The van der Waals surface area contributed by atoms with Crippen molar-refractivity contribution in [2.45, 2.75) is 0 Å². The van der Waals surface area contributed by atoms with Gasteiger partial charge in [-0.1, -0.05) is 0 Å². The Hall–Kier alpha value is -0.690. The molecule has 0 saturated carbocycles. The zero-order valence-corrected chi connectivity index (χ0v) is 9.50. The monoisotopic (exact) mass is 265 g/mol. The Kier molecular flexibility index (Phi) is 2.87. The van der Waals surface area contributed by atoms with E-state index >= 15 is 0 Å². The first kappa shape index (κ1) is 10.4. The van der Waals surface area contributed by atoms with Crippen molar-refractivity contribution in [2.24, 2.45) is 0 Å². The molecule has 0 aliphatic heterocycles. The average Bonchev–Trinajstić information content (AvgIpc) is 2.03. The van der Waals surface area contributed by atoms with E-state index in [1.54, 1.807) is 0 Å². The van der Waals surface area contributed by atoms with Crippen molar-refractivity contribution in [3.8, 4) is 0 Å². The smallest absolute Gasteiger partial charge is 0.238 e. The molecule has 0 aliphatic rings. The molecule has 0 radical (unpaired) electrons. The summed E-state index contributed by atoms with van der Waals surface area (Å²) in [6.07, 6.45) is 4.08. The van der Waals surface area contributed by atoms with Crippen LogP contribution in [0.1, 0.15) is 0 Å². The Bertz CT molecular complexity index is 389. The molecule has 0 unspecified atom stereocenters. The van der Waals surface area contributed by atoms with Crippen molar-refractivity contribution in [2.75, 3.05) is 17.6 Å². The fourth-order valence-electron chi connectivity index (χ4n) is 0.616. The normalized spacial score (nSPS) is 11.3. The van der Waals surface area contributed by atoms with Gasteiger partial charge in [0.25, 0.3) is 0 Å². The van der Waals surface area contributed by atoms with Gasteiger partial charge in [0.05, 0.1) is 10.7 Å². The number of nitrogens with zero attached hydrogens (tertiary/aromatic N) is 3. The van der Waals surface area contributed by atoms with Crippen molar-refractivity contribution < 1.29 is 8.42 Å². The number of hydrogen-bond acceptors (Lipinski definition) is 4. The molecule has 0 spiro atoms. The molecule has 0 amide bonds. The number of anilines is 1. The highest BCUT2D eigenvalue weighted by Gasteiger charge is 2.13. The van der Waals surface area contributed by atoms with E-state index in [0.717, 1.165) is 10.6 Å². The van der Waals surface area contributed by atoms with E-state index in [2.05, 4.69) is 25.9 Å². The van der Waals surface area contributed by atoms with Gasteiger partial charge < -0.3 is 0 Å². The van der Waals surface area contributed by atoms with E-state index < -0.39 is 10.0 Å². The summed E-state index contributed by atoms with van der Waals surface area (Å²) >= 11 is 3.15.